The van der Waals surface area contributed by atoms with Gasteiger partial charge in [-0.1, -0.05) is 17.7 Å². The lowest BCUT2D eigenvalue weighted by atomic mass is 10.1. The maximum absolute atomic E-state index is 12.7. The largest absolute Gasteiger partial charge is 0.483 e. The lowest BCUT2D eigenvalue weighted by Gasteiger charge is -2.15. The van der Waals surface area contributed by atoms with E-state index in [1.54, 1.807) is 0 Å². The van der Waals surface area contributed by atoms with E-state index in [4.69, 9.17) is 9.84 Å². The van der Waals surface area contributed by atoms with Gasteiger partial charge in [-0.2, -0.15) is 0 Å². The van der Waals surface area contributed by atoms with Crippen LogP contribution in [0.4, 0.5) is 8.78 Å². The van der Waals surface area contributed by atoms with Gasteiger partial charge in [0.15, 0.2) is 6.61 Å². The van der Waals surface area contributed by atoms with Crippen molar-refractivity contribution >= 4 is 5.91 Å². The van der Waals surface area contributed by atoms with E-state index in [1.165, 1.54) is 0 Å². The summed E-state index contributed by atoms with van der Waals surface area (Å²) in [6, 6.07) is 3.83. The van der Waals surface area contributed by atoms with Crippen molar-refractivity contribution < 1.29 is 23.4 Å². The molecular weight excluding hydrogens is 268 g/mol. The summed E-state index contributed by atoms with van der Waals surface area (Å²) in [6.07, 6.45) is 0. The van der Waals surface area contributed by atoms with Crippen LogP contribution in [0.2, 0.25) is 0 Å². The number of benzene rings is 1. The molecule has 0 aliphatic carbocycles. The molecule has 0 saturated carbocycles. The molecule has 0 bridgehead atoms. The number of aliphatic hydroxyl groups excluding tert-OH is 1. The van der Waals surface area contributed by atoms with Gasteiger partial charge in [0, 0.05) is 0 Å². The van der Waals surface area contributed by atoms with Crippen molar-refractivity contribution in [3.8, 4) is 5.75 Å². The second-order valence-corrected chi connectivity index (χ2v) is 4.81. The third-order valence-electron chi connectivity index (χ3n) is 2.73. The minimum absolute atomic E-state index is 0.341. The number of carbonyl (C=O) groups is 1. The minimum atomic E-state index is -3.31. The van der Waals surface area contributed by atoms with Gasteiger partial charge in [-0.05, 0) is 31.9 Å². The maximum atomic E-state index is 12.7. The van der Waals surface area contributed by atoms with E-state index >= 15 is 0 Å². The zero-order valence-electron chi connectivity index (χ0n) is 11.8. The Kier molecular flexibility index (Phi) is 5.44. The molecule has 1 aromatic carbocycles. The number of nitrogens with one attached hydrogen (secondary N) is 1. The van der Waals surface area contributed by atoms with Crippen LogP contribution in [0, 0.1) is 20.8 Å². The lowest BCUT2D eigenvalue weighted by molar-refractivity contribution is -0.126. The normalized spacial score (nSPS) is 11.3. The average molecular weight is 287 g/mol. The first-order valence-corrected chi connectivity index (χ1v) is 6.21. The van der Waals surface area contributed by atoms with Crippen LogP contribution in [0.15, 0.2) is 12.1 Å². The second-order valence-electron chi connectivity index (χ2n) is 4.81. The summed E-state index contributed by atoms with van der Waals surface area (Å²) in [5.74, 6) is -3.39. The van der Waals surface area contributed by atoms with Gasteiger partial charge in [-0.25, -0.2) is 8.78 Å². The number of hydrogen-bond acceptors (Lipinski definition) is 3. The molecule has 1 aromatic rings. The highest BCUT2D eigenvalue weighted by Crippen LogP contribution is 2.24. The molecule has 0 aliphatic rings. The first-order chi connectivity index (χ1) is 9.25. The van der Waals surface area contributed by atoms with E-state index in [0.29, 0.717) is 5.75 Å². The van der Waals surface area contributed by atoms with Gasteiger partial charge in [-0.3, -0.25) is 4.79 Å². The molecule has 0 aliphatic heterocycles. The summed E-state index contributed by atoms with van der Waals surface area (Å²) in [5.41, 5.74) is 2.85. The molecule has 0 aromatic heterocycles. The molecule has 0 unspecified atom stereocenters. The Balaban J connectivity index is 2.54. The average Bonchev–Trinajstić information content (AvgIpc) is 2.35. The topological polar surface area (TPSA) is 58.6 Å². The summed E-state index contributed by atoms with van der Waals surface area (Å²) in [7, 11) is 0. The lowest BCUT2D eigenvalue weighted by Crippen LogP contribution is -2.40. The SMILES string of the molecule is Cc1cc(C)c(OCC(=O)NCC(F)(F)CO)c(C)c1. The Bertz CT molecular complexity index is 466. The van der Waals surface area contributed by atoms with Crippen molar-refractivity contribution in [2.75, 3.05) is 19.8 Å². The van der Waals surface area contributed by atoms with Gasteiger partial charge in [0.25, 0.3) is 11.8 Å². The van der Waals surface area contributed by atoms with Gasteiger partial charge in [0.1, 0.15) is 12.4 Å². The fourth-order valence-electron chi connectivity index (χ4n) is 1.87. The van der Waals surface area contributed by atoms with Gasteiger partial charge in [0.2, 0.25) is 0 Å². The summed E-state index contributed by atoms with van der Waals surface area (Å²) < 4.78 is 30.9. The molecule has 0 saturated heterocycles. The van der Waals surface area contributed by atoms with Crippen molar-refractivity contribution in [2.24, 2.45) is 0 Å². The highest BCUT2D eigenvalue weighted by atomic mass is 19.3. The molecule has 20 heavy (non-hydrogen) atoms. The van der Waals surface area contributed by atoms with E-state index in [0.717, 1.165) is 16.7 Å². The van der Waals surface area contributed by atoms with E-state index in [1.807, 2.05) is 38.2 Å². The molecule has 112 valence electrons. The smallest absolute Gasteiger partial charge is 0.287 e. The van der Waals surface area contributed by atoms with Crippen LogP contribution in [0.25, 0.3) is 0 Å². The van der Waals surface area contributed by atoms with Crippen LogP contribution in [0.3, 0.4) is 0 Å². The zero-order valence-corrected chi connectivity index (χ0v) is 11.8. The van der Waals surface area contributed by atoms with Crippen LogP contribution >= 0.6 is 0 Å². The quantitative estimate of drug-likeness (QED) is 0.838. The Morgan fingerprint density at radius 1 is 1.30 bits per heavy atom. The van der Waals surface area contributed by atoms with Gasteiger partial charge < -0.3 is 15.2 Å². The van der Waals surface area contributed by atoms with E-state index in [-0.39, 0.29) is 6.61 Å². The highest BCUT2D eigenvalue weighted by Gasteiger charge is 2.28. The zero-order chi connectivity index (χ0) is 15.3. The van der Waals surface area contributed by atoms with Crippen molar-refractivity contribution in [1.82, 2.24) is 5.32 Å². The number of carbonyl (C=O) groups excluding carboxylic acids is 1. The first-order valence-electron chi connectivity index (χ1n) is 6.21. The van der Waals surface area contributed by atoms with Crippen molar-refractivity contribution in [3.05, 3.63) is 28.8 Å². The third kappa shape index (κ3) is 4.77. The molecule has 4 nitrogen and oxygen atoms in total. The summed E-state index contributed by atoms with van der Waals surface area (Å²) in [4.78, 5) is 11.4. The number of rotatable bonds is 6. The molecule has 1 amide bonds. The predicted molar refractivity (Wildman–Crippen MR) is 71.2 cm³/mol. The van der Waals surface area contributed by atoms with Crippen LogP contribution in [0.5, 0.6) is 5.75 Å². The molecule has 1 rings (SSSR count). The monoisotopic (exact) mass is 287 g/mol. The summed E-state index contributed by atoms with van der Waals surface area (Å²) >= 11 is 0. The number of amides is 1. The number of aryl methyl sites for hydroxylation is 3. The van der Waals surface area contributed by atoms with E-state index < -0.39 is 25.0 Å². The molecule has 2 N–H and O–H groups in total. The molecule has 6 heteroatoms. The number of aliphatic hydroxyl groups is 1. The predicted octanol–water partition coefficient (Wildman–Crippen LogP) is 1.73. The van der Waals surface area contributed by atoms with Crippen molar-refractivity contribution in [2.45, 2.75) is 26.7 Å². The molecule has 0 spiro atoms. The molecule has 0 heterocycles. The highest BCUT2D eigenvalue weighted by molar-refractivity contribution is 5.77. The number of halogens is 2. The standard InChI is InChI=1S/C14H19F2NO3/c1-9-4-10(2)13(11(3)5-9)20-6-12(19)17-7-14(15,16)8-18/h4-5,18H,6-8H2,1-3H3,(H,17,19). The van der Waals surface area contributed by atoms with Gasteiger partial charge in [0.05, 0.1) is 6.54 Å². The Morgan fingerprint density at radius 3 is 2.35 bits per heavy atom. The van der Waals surface area contributed by atoms with Crippen LogP contribution in [-0.2, 0) is 4.79 Å². The first kappa shape index (κ1) is 16.4. The Labute approximate surface area is 116 Å². The minimum Gasteiger partial charge on any atom is -0.483 e. The molecule has 0 radical (unpaired) electrons. The molecule has 0 atom stereocenters. The molecule has 0 fully saturated rings. The summed E-state index contributed by atoms with van der Waals surface area (Å²) in [5, 5.41) is 10.4. The number of alkyl halides is 2. The Morgan fingerprint density at radius 2 is 1.85 bits per heavy atom. The van der Waals surface area contributed by atoms with Crippen LogP contribution in [-0.4, -0.2) is 36.7 Å². The number of hydrogen-bond donors (Lipinski definition) is 2. The number of ether oxygens (including phenoxy) is 1. The second kappa shape index (κ2) is 6.65. The van der Waals surface area contributed by atoms with Crippen LogP contribution < -0.4 is 10.1 Å². The molecular formula is C14H19F2NO3. The summed E-state index contributed by atoms with van der Waals surface area (Å²) in [6.45, 7) is 3.11. The fourth-order valence-corrected chi connectivity index (χ4v) is 1.87. The third-order valence-corrected chi connectivity index (χ3v) is 2.73. The van der Waals surface area contributed by atoms with Gasteiger partial charge >= 0.3 is 0 Å². The van der Waals surface area contributed by atoms with Crippen molar-refractivity contribution in [3.63, 3.8) is 0 Å². The van der Waals surface area contributed by atoms with E-state index in [9.17, 15) is 13.6 Å². The van der Waals surface area contributed by atoms with Crippen molar-refractivity contribution in [1.29, 1.82) is 0 Å². The van der Waals surface area contributed by atoms with E-state index in [2.05, 4.69) is 0 Å². The maximum Gasteiger partial charge on any atom is 0.287 e. The Hall–Kier alpha value is -1.69. The van der Waals surface area contributed by atoms with Crippen LogP contribution in [0.1, 0.15) is 16.7 Å². The van der Waals surface area contributed by atoms with Gasteiger partial charge in [-0.15, -0.1) is 0 Å². The fraction of sp³-hybridized carbons (Fsp3) is 0.500.